The van der Waals surface area contributed by atoms with Crippen LogP contribution < -0.4 is 10.5 Å². The number of hydrogen-bond donors (Lipinski definition) is 2. The molecule has 2 atom stereocenters. The first kappa shape index (κ1) is 18.3. The maximum atomic E-state index is 10.9. The van der Waals surface area contributed by atoms with E-state index < -0.39 is 11.9 Å². The Morgan fingerprint density at radius 3 is 2.50 bits per heavy atom. The van der Waals surface area contributed by atoms with Gasteiger partial charge in [0, 0.05) is 16.6 Å². The molecule has 3 N–H and O–H groups in total. The first-order chi connectivity index (χ1) is 11.4. The molecule has 0 radical (unpaired) electrons. The number of rotatable bonds is 7. The molecule has 4 nitrogen and oxygen atoms in total. The Kier molecular flexibility index (Phi) is 6.23. The second-order valence-electron chi connectivity index (χ2n) is 5.98. The van der Waals surface area contributed by atoms with Gasteiger partial charge in [-0.2, -0.15) is 0 Å². The van der Waals surface area contributed by atoms with Gasteiger partial charge < -0.3 is 15.6 Å². The van der Waals surface area contributed by atoms with Crippen molar-refractivity contribution in [3.8, 4) is 16.9 Å². The molecule has 2 unspecified atom stereocenters. The molecule has 0 aliphatic heterocycles. The first-order valence-corrected chi connectivity index (χ1v) is 8.19. The molecule has 0 spiro atoms. The molecule has 2 rings (SSSR count). The molecule has 0 fully saturated rings. The Bertz CT molecular complexity index is 700. The van der Waals surface area contributed by atoms with Crippen molar-refractivity contribution >= 4 is 17.6 Å². The van der Waals surface area contributed by atoms with E-state index >= 15 is 0 Å². The molecule has 0 saturated heterocycles. The summed E-state index contributed by atoms with van der Waals surface area (Å²) in [5.74, 6) is -0.483. The van der Waals surface area contributed by atoms with Gasteiger partial charge in [0.1, 0.15) is 5.75 Å². The van der Waals surface area contributed by atoms with E-state index in [1.807, 2.05) is 36.4 Å². The lowest BCUT2D eigenvalue weighted by Gasteiger charge is -2.15. The second kappa shape index (κ2) is 8.18. The summed E-state index contributed by atoms with van der Waals surface area (Å²) in [4.78, 5) is 10.9. The maximum Gasteiger partial charge on any atom is 0.306 e. The predicted molar refractivity (Wildman–Crippen MR) is 96.5 cm³/mol. The summed E-state index contributed by atoms with van der Waals surface area (Å²) in [7, 11) is 1.63. The summed E-state index contributed by atoms with van der Waals surface area (Å²) in [5.41, 5.74) is 9.07. The van der Waals surface area contributed by atoms with Crippen LogP contribution in [0.25, 0.3) is 11.1 Å². The molecule has 0 saturated carbocycles. The number of hydrogen-bond acceptors (Lipinski definition) is 3. The van der Waals surface area contributed by atoms with Crippen LogP contribution >= 0.6 is 11.6 Å². The molecule has 0 heterocycles. The van der Waals surface area contributed by atoms with Crippen LogP contribution in [0.2, 0.25) is 5.02 Å². The van der Waals surface area contributed by atoms with Crippen molar-refractivity contribution in [2.45, 2.75) is 25.8 Å². The molecule has 0 bridgehead atoms. The molecular formula is C19H22ClNO3. The van der Waals surface area contributed by atoms with Crippen LogP contribution in [0, 0.1) is 5.92 Å². The van der Waals surface area contributed by atoms with Crippen LogP contribution in [-0.4, -0.2) is 24.2 Å². The second-order valence-corrected chi connectivity index (χ2v) is 6.42. The third-order valence-electron chi connectivity index (χ3n) is 4.00. The summed E-state index contributed by atoms with van der Waals surface area (Å²) >= 11 is 6.08. The lowest BCUT2D eigenvalue weighted by Crippen LogP contribution is -2.28. The van der Waals surface area contributed by atoms with Gasteiger partial charge in [-0.05, 0) is 42.2 Å². The highest BCUT2D eigenvalue weighted by atomic mass is 35.5. The van der Waals surface area contributed by atoms with E-state index in [1.165, 1.54) is 0 Å². The Balaban J connectivity index is 2.11. The minimum absolute atomic E-state index is 0.178. The molecule has 5 heteroatoms. The minimum Gasteiger partial charge on any atom is -0.496 e. The van der Waals surface area contributed by atoms with Crippen molar-refractivity contribution in [2.75, 3.05) is 7.11 Å². The van der Waals surface area contributed by atoms with Crippen LogP contribution in [0.5, 0.6) is 5.75 Å². The molecule has 2 aromatic rings. The average Bonchev–Trinajstić information content (AvgIpc) is 2.55. The highest BCUT2D eigenvalue weighted by Gasteiger charge is 2.16. The monoisotopic (exact) mass is 347 g/mol. The van der Waals surface area contributed by atoms with Crippen LogP contribution in [-0.2, 0) is 11.2 Å². The number of nitrogens with two attached hydrogens (primary N) is 1. The average molecular weight is 348 g/mol. The largest absolute Gasteiger partial charge is 0.496 e. The molecule has 0 aliphatic rings. The summed E-state index contributed by atoms with van der Waals surface area (Å²) in [6, 6.07) is 13.3. The maximum absolute atomic E-state index is 10.9. The zero-order valence-electron chi connectivity index (χ0n) is 13.8. The van der Waals surface area contributed by atoms with E-state index in [0.29, 0.717) is 17.9 Å². The number of methoxy groups -OCH3 is 1. The number of ether oxygens (including phenoxy) is 1. The molecule has 128 valence electrons. The SMILES string of the molecule is COc1ccc(Cl)cc1-c1ccc(CC(N)CC(C)C(=O)O)cc1. The molecule has 2 aromatic carbocycles. The summed E-state index contributed by atoms with van der Waals surface area (Å²) in [5, 5.41) is 9.61. The van der Waals surface area contributed by atoms with Crippen molar-refractivity contribution in [1.82, 2.24) is 0 Å². The number of halogens is 1. The van der Waals surface area contributed by atoms with Crippen LogP contribution in [0.15, 0.2) is 42.5 Å². The fourth-order valence-corrected chi connectivity index (χ4v) is 2.84. The Labute approximate surface area is 147 Å². The van der Waals surface area contributed by atoms with Crippen LogP contribution in [0.1, 0.15) is 18.9 Å². The molecule has 24 heavy (non-hydrogen) atoms. The highest BCUT2D eigenvalue weighted by Crippen LogP contribution is 2.32. The van der Waals surface area contributed by atoms with Gasteiger partial charge in [0.15, 0.2) is 0 Å². The van der Waals surface area contributed by atoms with E-state index in [9.17, 15) is 4.79 Å². The van der Waals surface area contributed by atoms with Gasteiger partial charge in [-0.15, -0.1) is 0 Å². The Morgan fingerprint density at radius 2 is 1.92 bits per heavy atom. The van der Waals surface area contributed by atoms with E-state index in [1.54, 1.807) is 20.1 Å². The smallest absolute Gasteiger partial charge is 0.306 e. The minimum atomic E-state index is -0.811. The number of carboxylic acids is 1. The zero-order valence-corrected chi connectivity index (χ0v) is 14.6. The van der Waals surface area contributed by atoms with Crippen molar-refractivity contribution in [3.05, 3.63) is 53.1 Å². The fraction of sp³-hybridized carbons (Fsp3) is 0.316. The molecule has 0 aliphatic carbocycles. The van der Waals surface area contributed by atoms with E-state index in [4.69, 9.17) is 27.2 Å². The Hall–Kier alpha value is -2.04. The summed E-state index contributed by atoms with van der Waals surface area (Å²) in [6.07, 6.45) is 1.10. The summed E-state index contributed by atoms with van der Waals surface area (Å²) in [6.45, 7) is 1.68. The summed E-state index contributed by atoms with van der Waals surface area (Å²) < 4.78 is 5.38. The molecular weight excluding hydrogens is 326 g/mol. The quantitative estimate of drug-likeness (QED) is 0.794. The topological polar surface area (TPSA) is 72.5 Å². The number of carboxylic acid groups (broad SMARTS) is 1. The first-order valence-electron chi connectivity index (χ1n) is 7.82. The van der Waals surface area contributed by atoms with Gasteiger partial charge >= 0.3 is 5.97 Å². The van der Waals surface area contributed by atoms with Crippen molar-refractivity contribution < 1.29 is 14.6 Å². The third-order valence-corrected chi connectivity index (χ3v) is 4.24. The molecule has 0 aromatic heterocycles. The van der Waals surface area contributed by atoms with E-state index in [0.717, 1.165) is 22.4 Å². The fourth-order valence-electron chi connectivity index (χ4n) is 2.67. The standard InChI is InChI=1S/C19H22ClNO3/c1-12(19(22)23)9-16(21)10-13-3-5-14(6-4-13)17-11-15(20)7-8-18(17)24-2/h3-8,11-12,16H,9-10,21H2,1-2H3,(H,22,23). The van der Waals surface area contributed by atoms with Gasteiger partial charge in [-0.25, -0.2) is 0 Å². The highest BCUT2D eigenvalue weighted by molar-refractivity contribution is 6.31. The lowest BCUT2D eigenvalue weighted by atomic mass is 9.95. The molecule has 0 amide bonds. The zero-order chi connectivity index (χ0) is 17.7. The van der Waals surface area contributed by atoms with Gasteiger partial charge in [-0.1, -0.05) is 42.8 Å². The predicted octanol–water partition coefficient (Wildman–Crippen LogP) is 4.00. The van der Waals surface area contributed by atoms with Crippen molar-refractivity contribution in [3.63, 3.8) is 0 Å². The number of carbonyl (C=O) groups is 1. The van der Waals surface area contributed by atoms with Crippen LogP contribution in [0.3, 0.4) is 0 Å². The normalized spacial score (nSPS) is 13.3. The van der Waals surface area contributed by atoms with Crippen molar-refractivity contribution in [2.24, 2.45) is 11.7 Å². The van der Waals surface area contributed by atoms with Crippen molar-refractivity contribution in [1.29, 1.82) is 0 Å². The van der Waals surface area contributed by atoms with E-state index in [2.05, 4.69) is 0 Å². The van der Waals surface area contributed by atoms with Gasteiger partial charge in [0.2, 0.25) is 0 Å². The Morgan fingerprint density at radius 1 is 1.25 bits per heavy atom. The number of benzene rings is 2. The number of aliphatic carboxylic acids is 1. The van der Waals surface area contributed by atoms with E-state index in [-0.39, 0.29) is 6.04 Å². The van der Waals surface area contributed by atoms with Gasteiger partial charge in [0.05, 0.1) is 13.0 Å². The lowest BCUT2D eigenvalue weighted by molar-refractivity contribution is -0.141. The van der Waals surface area contributed by atoms with Crippen LogP contribution in [0.4, 0.5) is 0 Å². The third kappa shape index (κ3) is 4.73. The van der Waals surface area contributed by atoms with Gasteiger partial charge in [-0.3, -0.25) is 4.79 Å². The van der Waals surface area contributed by atoms with Gasteiger partial charge in [0.25, 0.3) is 0 Å².